The van der Waals surface area contributed by atoms with E-state index in [-0.39, 0.29) is 24.4 Å². The van der Waals surface area contributed by atoms with Gasteiger partial charge in [0.25, 0.3) is 11.8 Å². The number of alkyl halides is 2. The minimum atomic E-state index is -2.64. The fraction of sp³-hybridized carbons (Fsp3) is 0.208. The zero-order valence-corrected chi connectivity index (χ0v) is 17.9. The number of benzene rings is 1. The van der Waals surface area contributed by atoms with E-state index >= 15 is 0 Å². The molecule has 1 aliphatic rings. The normalized spacial score (nSPS) is 15.3. The van der Waals surface area contributed by atoms with E-state index in [0.29, 0.717) is 29.7 Å². The van der Waals surface area contributed by atoms with E-state index in [1.54, 1.807) is 23.4 Å². The molecule has 170 valence electrons. The van der Waals surface area contributed by atoms with Crippen molar-refractivity contribution in [2.75, 3.05) is 18.4 Å². The molecule has 0 spiro atoms. The highest BCUT2D eigenvalue weighted by Crippen LogP contribution is 2.29. The van der Waals surface area contributed by atoms with E-state index in [4.69, 9.17) is 5.26 Å². The Morgan fingerprint density at radius 2 is 2.06 bits per heavy atom. The molecule has 1 aliphatic heterocycles. The van der Waals surface area contributed by atoms with Gasteiger partial charge in [0.05, 0.1) is 23.9 Å². The van der Waals surface area contributed by atoms with Crippen LogP contribution < -0.4 is 5.32 Å². The average Bonchev–Trinajstić information content (AvgIpc) is 3.41. The summed E-state index contributed by atoms with van der Waals surface area (Å²) in [6.45, 7) is 0.507. The molecule has 1 amide bonds. The number of nitrogens with one attached hydrogen (secondary N) is 2. The summed E-state index contributed by atoms with van der Waals surface area (Å²) in [5.74, 6) is -3.06. The Hall–Kier alpha value is -4.23. The monoisotopic (exact) mass is 459 g/mol. The summed E-state index contributed by atoms with van der Waals surface area (Å²) in [5, 5.41) is 19.2. The molecule has 3 aromatic heterocycles. The second-order valence-corrected chi connectivity index (χ2v) is 8.23. The summed E-state index contributed by atoms with van der Waals surface area (Å²) in [6, 6.07) is 12.5. The second-order valence-electron chi connectivity index (χ2n) is 8.23. The molecule has 10 heteroatoms. The number of anilines is 1. The number of likely N-dealkylation sites (tertiary alicyclic amines) is 1. The fourth-order valence-corrected chi connectivity index (χ4v) is 4.02. The summed E-state index contributed by atoms with van der Waals surface area (Å²) in [4.78, 5) is 22.8. The van der Waals surface area contributed by atoms with Crippen LogP contribution in [0.3, 0.4) is 0 Å². The Bertz CT molecular complexity index is 1410. The molecule has 0 aliphatic carbocycles. The Labute approximate surface area is 193 Å². The Balaban J connectivity index is 1.38. The number of pyridine rings is 2. The van der Waals surface area contributed by atoms with Crippen molar-refractivity contribution in [3.63, 3.8) is 0 Å². The Morgan fingerprint density at radius 3 is 2.79 bits per heavy atom. The van der Waals surface area contributed by atoms with Crippen LogP contribution in [0.1, 0.15) is 28.2 Å². The van der Waals surface area contributed by atoms with Crippen LogP contribution in [0.15, 0.2) is 55.0 Å². The largest absolute Gasteiger partial charge is 0.319 e. The van der Waals surface area contributed by atoms with Crippen LogP contribution in [0.25, 0.3) is 22.0 Å². The molecule has 8 nitrogen and oxygen atoms in total. The Morgan fingerprint density at radius 1 is 1.18 bits per heavy atom. The molecule has 1 aromatic carbocycles. The standard InChI is InChI=1S/C24H19F2N7O/c25-24(26)5-6-33(14-24)13-15-7-17(11-28-10-15)16-1-4-21-20(8-16)22(32-31-21)23(34)30-19-3-2-18(9-27)29-12-19/h1-4,7-8,10-12H,5-6,13-14H2,(H,30,34)(H,31,32). The minimum absolute atomic E-state index is 0.124. The van der Waals surface area contributed by atoms with Crippen molar-refractivity contribution in [3.8, 4) is 17.2 Å². The number of carbonyl (C=O) groups excluding carboxylic acids is 1. The van der Waals surface area contributed by atoms with Crippen molar-refractivity contribution in [3.05, 3.63) is 71.9 Å². The first-order valence-electron chi connectivity index (χ1n) is 10.6. The molecule has 4 heterocycles. The van der Waals surface area contributed by atoms with Crippen molar-refractivity contribution in [1.29, 1.82) is 5.26 Å². The summed E-state index contributed by atoms with van der Waals surface area (Å²) in [7, 11) is 0. The van der Waals surface area contributed by atoms with E-state index < -0.39 is 11.8 Å². The predicted octanol–water partition coefficient (Wildman–Crippen LogP) is 3.98. The number of nitrogens with zero attached hydrogens (tertiary/aromatic N) is 5. The first kappa shape index (κ1) is 21.6. The highest BCUT2D eigenvalue weighted by molar-refractivity contribution is 6.11. The van der Waals surface area contributed by atoms with Gasteiger partial charge in [-0.05, 0) is 41.5 Å². The third-order valence-electron chi connectivity index (χ3n) is 5.70. The van der Waals surface area contributed by atoms with Crippen LogP contribution in [0.2, 0.25) is 0 Å². The summed E-state index contributed by atoms with van der Waals surface area (Å²) < 4.78 is 27.0. The third kappa shape index (κ3) is 4.46. The first-order chi connectivity index (χ1) is 16.4. The molecule has 0 saturated carbocycles. The number of aromatic amines is 1. The van der Waals surface area contributed by atoms with Crippen LogP contribution in [0.4, 0.5) is 14.5 Å². The van der Waals surface area contributed by atoms with Crippen LogP contribution in [0, 0.1) is 11.3 Å². The van der Waals surface area contributed by atoms with Crippen LogP contribution in [-0.2, 0) is 6.54 Å². The van der Waals surface area contributed by atoms with Crippen molar-refractivity contribution < 1.29 is 13.6 Å². The quantitative estimate of drug-likeness (QED) is 0.467. The molecule has 4 aromatic rings. The number of carbonyl (C=O) groups is 1. The number of aromatic nitrogens is 4. The van der Waals surface area contributed by atoms with E-state index in [9.17, 15) is 13.6 Å². The molecule has 5 rings (SSSR count). The molecule has 0 bridgehead atoms. The fourth-order valence-electron chi connectivity index (χ4n) is 4.02. The van der Waals surface area contributed by atoms with Crippen molar-refractivity contribution in [2.45, 2.75) is 18.9 Å². The van der Waals surface area contributed by atoms with Crippen LogP contribution in [0.5, 0.6) is 0 Å². The lowest BCUT2D eigenvalue weighted by Gasteiger charge is -2.15. The predicted molar refractivity (Wildman–Crippen MR) is 121 cm³/mol. The number of hydrogen-bond acceptors (Lipinski definition) is 6. The number of hydrogen-bond donors (Lipinski definition) is 2. The zero-order valence-electron chi connectivity index (χ0n) is 17.9. The third-order valence-corrected chi connectivity index (χ3v) is 5.70. The van der Waals surface area contributed by atoms with E-state index in [1.807, 2.05) is 30.3 Å². The van der Waals surface area contributed by atoms with Gasteiger partial charge < -0.3 is 5.32 Å². The second kappa shape index (κ2) is 8.61. The maximum atomic E-state index is 13.5. The lowest BCUT2D eigenvalue weighted by Crippen LogP contribution is -2.24. The summed E-state index contributed by atoms with van der Waals surface area (Å²) in [5.41, 5.74) is 4.08. The van der Waals surface area contributed by atoms with Gasteiger partial charge in [0, 0.05) is 42.9 Å². The molecule has 0 atom stereocenters. The maximum Gasteiger partial charge on any atom is 0.276 e. The number of nitriles is 1. The van der Waals surface area contributed by atoms with Gasteiger partial charge in [-0.25, -0.2) is 13.8 Å². The molecule has 1 saturated heterocycles. The van der Waals surface area contributed by atoms with E-state index in [1.165, 1.54) is 12.3 Å². The van der Waals surface area contributed by atoms with Crippen LogP contribution >= 0.6 is 0 Å². The van der Waals surface area contributed by atoms with Gasteiger partial charge in [0.15, 0.2) is 5.69 Å². The highest BCUT2D eigenvalue weighted by Gasteiger charge is 2.37. The van der Waals surface area contributed by atoms with Gasteiger partial charge in [0.2, 0.25) is 0 Å². The molecule has 34 heavy (non-hydrogen) atoms. The van der Waals surface area contributed by atoms with Gasteiger partial charge in [0.1, 0.15) is 11.8 Å². The van der Waals surface area contributed by atoms with Gasteiger partial charge in [-0.2, -0.15) is 10.4 Å². The number of H-pyrrole nitrogens is 1. The topological polar surface area (TPSA) is 111 Å². The van der Waals surface area contributed by atoms with Crippen molar-refractivity contribution >= 4 is 22.5 Å². The Kier molecular flexibility index (Phi) is 5.47. The summed E-state index contributed by atoms with van der Waals surface area (Å²) in [6.07, 6.45) is 4.66. The first-order valence-corrected chi connectivity index (χ1v) is 10.6. The highest BCUT2D eigenvalue weighted by atomic mass is 19.3. The van der Waals surface area contributed by atoms with Gasteiger partial charge >= 0.3 is 0 Å². The molecule has 2 N–H and O–H groups in total. The van der Waals surface area contributed by atoms with E-state index in [0.717, 1.165) is 16.7 Å². The minimum Gasteiger partial charge on any atom is -0.319 e. The van der Waals surface area contributed by atoms with Crippen LogP contribution in [-0.4, -0.2) is 50.0 Å². The van der Waals surface area contributed by atoms with Gasteiger partial charge in [-0.15, -0.1) is 0 Å². The molecular formula is C24H19F2N7O. The van der Waals surface area contributed by atoms with Crippen molar-refractivity contribution in [1.82, 2.24) is 25.1 Å². The summed E-state index contributed by atoms with van der Waals surface area (Å²) >= 11 is 0. The molecular weight excluding hydrogens is 440 g/mol. The molecule has 1 fully saturated rings. The molecule has 0 radical (unpaired) electrons. The number of fused-ring (bicyclic) bond motifs is 1. The lowest BCUT2D eigenvalue weighted by atomic mass is 10.0. The van der Waals surface area contributed by atoms with E-state index in [2.05, 4.69) is 25.5 Å². The SMILES string of the molecule is N#Cc1ccc(NC(=O)c2n[nH]c3ccc(-c4cncc(CN5CCC(F)(F)C5)c4)cc23)cn1. The number of rotatable bonds is 5. The van der Waals surface area contributed by atoms with Gasteiger partial charge in [-0.3, -0.25) is 19.8 Å². The van der Waals surface area contributed by atoms with Gasteiger partial charge in [-0.1, -0.05) is 6.07 Å². The van der Waals surface area contributed by atoms with Crippen molar-refractivity contribution in [2.24, 2.45) is 0 Å². The number of halogens is 2. The number of amides is 1. The maximum absolute atomic E-state index is 13.5. The molecule has 0 unspecified atom stereocenters. The zero-order chi connectivity index (χ0) is 23.7. The average molecular weight is 459 g/mol. The smallest absolute Gasteiger partial charge is 0.276 e. The lowest BCUT2D eigenvalue weighted by molar-refractivity contribution is 0.0115.